The molecule has 3 atom stereocenters. The molecule has 0 aliphatic carbocycles. The van der Waals surface area contributed by atoms with E-state index in [2.05, 4.69) is 64.8 Å². The molecule has 67 heavy (non-hydrogen) atoms. The van der Waals surface area contributed by atoms with Gasteiger partial charge >= 0.3 is 5.97 Å². The van der Waals surface area contributed by atoms with E-state index in [-0.39, 0.29) is 34.5 Å². The van der Waals surface area contributed by atoms with E-state index in [4.69, 9.17) is 28.4 Å². The Morgan fingerprint density at radius 2 is 1.19 bits per heavy atom. The summed E-state index contributed by atoms with van der Waals surface area (Å²) in [5, 5.41) is 0.148. The molecule has 0 spiro atoms. The van der Waals surface area contributed by atoms with Gasteiger partial charge in [-0.2, -0.15) is 0 Å². The first kappa shape index (κ1) is 60.4. The largest absolute Gasteiger partial charge is 0.490 e. The zero-order valence-corrected chi connectivity index (χ0v) is 44.3. The molecule has 1 heterocycles. The van der Waals surface area contributed by atoms with Crippen LogP contribution in [0.3, 0.4) is 0 Å². The Morgan fingerprint density at radius 1 is 0.687 bits per heavy atom. The maximum absolute atomic E-state index is 11.5. The molecular weight excluding hydrogens is 859 g/mol. The number of carbonyl (C=O) groups is 2. The number of rotatable bonds is 27. The minimum atomic E-state index is -0.271. The van der Waals surface area contributed by atoms with Crippen LogP contribution in [0.5, 0.6) is 23.1 Å². The van der Waals surface area contributed by atoms with Gasteiger partial charge in [0.05, 0.1) is 17.3 Å². The number of nitrogens with zero attached hydrogens (tertiary/aromatic N) is 1. The van der Waals surface area contributed by atoms with E-state index in [0.717, 1.165) is 59.8 Å². The number of hydrogen-bond acceptors (Lipinski definition) is 10. The number of hydrogen-bond donors (Lipinski definition) is 0. The average molecular weight is 944 g/mol. The highest BCUT2D eigenvalue weighted by atomic mass is 32.2. The lowest BCUT2D eigenvalue weighted by Crippen LogP contribution is -2.22. The monoisotopic (exact) mass is 944 g/mol. The Morgan fingerprint density at radius 3 is 1.69 bits per heavy atom. The van der Waals surface area contributed by atoms with Crippen LogP contribution >= 0.6 is 11.8 Å². The van der Waals surface area contributed by atoms with Crippen molar-refractivity contribution in [2.75, 3.05) is 26.6 Å². The minimum Gasteiger partial charge on any atom is -0.490 e. The van der Waals surface area contributed by atoms with Gasteiger partial charge in [0.1, 0.15) is 30.0 Å². The number of benzene rings is 2. The second-order valence-corrected chi connectivity index (χ2v) is 19.8. The van der Waals surface area contributed by atoms with Crippen LogP contribution in [0.2, 0.25) is 0 Å². The normalized spacial score (nSPS) is 13.5. The molecule has 0 bridgehead atoms. The van der Waals surface area contributed by atoms with Crippen LogP contribution in [0.1, 0.15) is 134 Å². The van der Waals surface area contributed by atoms with Crippen molar-refractivity contribution in [3.05, 3.63) is 127 Å². The van der Waals surface area contributed by atoms with E-state index < -0.39 is 0 Å². The molecule has 372 valence electrons. The smallest absolute Gasteiger partial charge is 0.331 e. The highest BCUT2D eigenvalue weighted by Crippen LogP contribution is 2.25. The van der Waals surface area contributed by atoms with Crippen LogP contribution < -0.4 is 14.2 Å². The number of thioether (sulfide) groups is 1. The maximum Gasteiger partial charge on any atom is 0.331 e. The number of aromatic nitrogens is 1. The van der Waals surface area contributed by atoms with E-state index in [0.29, 0.717) is 24.3 Å². The van der Waals surface area contributed by atoms with Crippen LogP contribution in [-0.2, 0) is 23.8 Å². The topological polar surface area (TPSA) is 102 Å². The van der Waals surface area contributed by atoms with Crippen molar-refractivity contribution < 1.29 is 38.0 Å². The maximum atomic E-state index is 11.5. The fraction of sp³-hybridized carbons (Fsp3) is 0.526. The molecule has 0 aliphatic rings. The first-order chi connectivity index (χ1) is 31.8. The zero-order chi connectivity index (χ0) is 50.1. The fourth-order valence-electron chi connectivity index (χ4n) is 6.18. The van der Waals surface area contributed by atoms with Gasteiger partial charge in [0.15, 0.2) is 0 Å². The molecule has 0 aliphatic heterocycles. The van der Waals surface area contributed by atoms with Gasteiger partial charge in [-0.15, -0.1) is 0 Å². The average Bonchev–Trinajstić information content (AvgIpc) is 3.27. The van der Waals surface area contributed by atoms with Gasteiger partial charge in [-0.3, -0.25) is 4.79 Å². The Bertz CT molecular complexity index is 1890. The van der Waals surface area contributed by atoms with E-state index in [1.54, 1.807) is 32.6 Å². The van der Waals surface area contributed by atoms with Gasteiger partial charge in [0.25, 0.3) is 0 Å². The van der Waals surface area contributed by atoms with Crippen LogP contribution in [0.25, 0.3) is 0 Å². The molecule has 3 rings (SSSR count). The first-order valence-corrected chi connectivity index (χ1v) is 25.0. The standard InChI is InChI=1S/C20H19NO3.C19H34O3.C18H32O2S/c1-16(23-20-9-5-6-14-21-20)15-22-17-10-12-19(13-11-17)24-18-7-3-2-4-8-18;1-15(2)22-18(20)14-17(4)11-8-10-16(3)12-9-13-19(5,6)21-7;1-7-21-17(19)14-16(3)11-8-10-15(2)12-9-13-18(4,5)20-6/h2-14,16H,15H2,1H3;8,11,14-16H,9-10,12-13H2,1-7H3;8,11,14-15H,7,9-10,12-13H2,1-6H3/b;11-8+,17-14+;11-8+,16-14+. The number of allylic oxidation sites excluding steroid dienone is 6. The lowest BCUT2D eigenvalue weighted by Gasteiger charge is -2.23. The van der Waals surface area contributed by atoms with Crippen molar-refractivity contribution in [1.82, 2.24) is 4.98 Å². The number of para-hydroxylation sites is 1. The van der Waals surface area contributed by atoms with Gasteiger partial charge in [0, 0.05) is 32.6 Å². The summed E-state index contributed by atoms with van der Waals surface area (Å²) in [4.78, 5) is 27.1. The number of pyridine rings is 1. The summed E-state index contributed by atoms with van der Waals surface area (Å²) in [7, 11) is 3.55. The van der Waals surface area contributed by atoms with Crippen LogP contribution in [-0.4, -0.2) is 66.1 Å². The summed E-state index contributed by atoms with van der Waals surface area (Å²) in [5.41, 5.74) is 1.93. The number of esters is 1. The van der Waals surface area contributed by atoms with E-state index >= 15 is 0 Å². The highest BCUT2D eigenvalue weighted by molar-refractivity contribution is 8.14. The van der Waals surface area contributed by atoms with Crippen molar-refractivity contribution >= 4 is 22.8 Å². The van der Waals surface area contributed by atoms with Crippen molar-refractivity contribution in [3.63, 3.8) is 0 Å². The Kier molecular flexibility index (Phi) is 31.2. The van der Waals surface area contributed by atoms with Crippen LogP contribution in [0.4, 0.5) is 0 Å². The van der Waals surface area contributed by atoms with Gasteiger partial charge < -0.3 is 28.4 Å². The van der Waals surface area contributed by atoms with Crippen molar-refractivity contribution in [2.45, 2.75) is 158 Å². The molecule has 1 aromatic heterocycles. The second kappa shape index (κ2) is 34.6. The highest BCUT2D eigenvalue weighted by Gasteiger charge is 2.17. The lowest BCUT2D eigenvalue weighted by molar-refractivity contribution is -0.141. The van der Waals surface area contributed by atoms with Gasteiger partial charge in [-0.1, -0.05) is 107 Å². The van der Waals surface area contributed by atoms with Gasteiger partial charge in [-0.25, -0.2) is 9.78 Å². The molecule has 10 heteroatoms. The summed E-state index contributed by atoms with van der Waals surface area (Å²) in [5.74, 6) is 4.82. The third kappa shape index (κ3) is 32.7. The number of carbonyl (C=O) groups excluding carboxylic acids is 2. The summed E-state index contributed by atoms with van der Waals surface area (Å²) in [6, 6.07) is 22.8. The van der Waals surface area contributed by atoms with Crippen LogP contribution in [0, 0.1) is 11.8 Å². The Labute approximate surface area is 410 Å². The predicted molar refractivity (Wildman–Crippen MR) is 280 cm³/mol. The third-order valence-corrected chi connectivity index (χ3v) is 11.2. The SMILES string of the molecule is CC(COc1ccc(Oc2ccccc2)cc1)Oc1ccccn1.CCSC(=O)/C=C(C)/C=C/CC(C)CCCC(C)(C)OC.COC(C)(C)CCCC(C)C/C=C/C(C)=C/C(=O)OC(C)C. The second-order valence-electron chi connectivity index (χ2n) is 18.5. The molecule has 0 amide bonds. The molecular formula is C57H85NO8S. The van der Waals surface area contributed by atoms with E-state index in [1.165, 1.54) is 37.4 Å². The molecule has 0 saturated heterocycles. The molecule has 3 aromatic rings. The van der Waals surface area contributed by atoms with Crippen molar-refractivity contribution in [2.24, 2.45) is 11.8 Å². The van der Waals surface area contributed by atoms with E-state index in [9.17, 15) is 9.59 Å². The Hall–Kier alpha value is -4.64. The first-order valence-electron chi connectivity index (χ1n) is 24.0. The third-order valence-electron chi connectivity index (χ3n) is 10.5. The van der Waals surface area contributed by atoms with Crippen LogP contribution in [0.15, 0.2) is 127 Å². The fourth-order valence-corrected chi connectivity index (χ4v) is 6.74. The number of ether oxygens (including phenoxy) is 6. The van der Waals surface area contributed by atoms with Gasteiger partial charge in [-0.05, 0) is 165 Å². The lowest BCUT2D eigenvalue weighted by atomic mass is 9.95. The summed E-state index contributed by atoms with van der Waals surface area (Å²) < 4.78 is 33.1. The minimum absolute atomic E-state index is 0.00775. The zero-order valence-electron chi connectivity index (χ0n) is 43.5. The van der Waals surface area contributed by atoms with Gasteiger partial charge in [0.2, 0.25) is 11.0 Å². The quantitative estimate of drug-likeness (QED) is 0.0417. The molecule has 0 fully saturated rings. The van der Waals surface area contributed by atoms with E-state index in [1.807, 2.05) is 120 Å². The Balaban J connectivity index is 0.000000505. The molecule has 9 nitrogen and oxygen atoms in total. The summed E-state index contributed by atoms with van der Waals surface area (Å²) >= 11 is 1.35. The molecule has 0 saturated carbocycles. The van der Waals surface area contributed by atoms with Crippen molar-refractivity contribution in [1.29, 1.82) is 0 Å². The number of methoxy groups -OCH3 is 2. The summed E-state index contributed by atoms with van der Waals surface area (Å²) in [6.45, 7) is 25.0. The summed E-state index contributed by atoms with van der Waals surface area (Å²) in [6.07, 6.45) is 22.2. The predicted octanol–water partition coefficient (Wildman–Crippen LogP) is 15.2. The molecule has 0 radical (unpaired) electrons. The van der Waals surface area contributed by atoms with Crippen molar-refractivity contribution in [3.8, 4) is 23.1 Å². The molecule has 0 N–H and O–H groups in total. The molecule has 3 unspecified atom stereocenters. The molecule has 2 aromatic carbocycles.